The molecule has 0 heterocycles. The molecule has 3 rings (SSSR count). The molecule has 0 saturated carbocycles. The van der Waals surface area contributed by atoms with Crippen molar-refractivity contribution in [3.05, 3.63) is 94.8 Å². The van der Waals surface area contributed by atoms with Gasteiger partial charge in [-0.2, -0.15) is 0 Å². The Labute approximate surface area is 185 Å². The van der Waals surface area contributed by atoms with Crippen molar-refractivity contribution in [1.29, 1.82) is 0 Å². The molecule has 2 amide bonds. The molecule has 0 radical (unpaired) electrons. The summed E-state index contributed by atoms with van der Waals surface area (Å²) in [6.45, 7) is 1.87. The van der Waals surface area contributed by atoms with E-state index < -0.39 is 27.7 Å². The maximum Gasteiger partial charge on any atom is 0.255 e. The number of nitrogens with one attached hydrogen (secondary N) is 3. The molecular formula is C23H22FN3O4S. The molecule has 3 N–H and O–H groups in total. The summed E-state index contributed by atoms with van der Waals surface area (Å²) in [5.41, 5.74) is 2.28. The van der Waals surface area contributed by atoms with Crippen LogP contribution in [0.2, 0.25) is 0 Å². The van der Waals surface area contributed by atoms with Gasteiger partial charge in [-0.15, -0.1) is 0 Å². The average Bonchev–Trinajstić information content (AvgIpc) is 2.78. The second-order valence-electron chi connectivity index (χ2n) is 7.03. The van der Waals surface area contributed by atoms with Gasteiger partial charge in [-0.3, -0.25) is 9.59 Å². The van der Waals surface area contributed by atoms with Gasteiger partial charge in [0.05, 0.1) is 4.90 Å². The number of rotatable bonds is 7. The van der Waals surface area contributed by atoms with E-state index in [1.54, 1.807) is 37.3 Å². The third kappa shape index (κ3) is 5.57. The lowest BCUT2D eigenvalue weighted by atomic mass is 10.1. The summed E-state index contributed by atoms with van der Waals surface area (Å²) in [5, 5.41) is 5.45. The number of anilines is 1. The van der Waals surface area contributed by atoms with Gasteiger partial charge in [-0.25, -0.2) is 17.5 Å². The van der Waals surface area contributed by atoms with Crippen molar-refractivity contribution in [3.8, 4) is 0 Å². The van der Waals surface area contributed by atoms with E-state index in [0.29, 0.717) is 16.8 Å². The van der Waals surface area contributed by atoms with Crippen LogP contribution in [-0.2, 0) is 16.6 Å². The van der Waals surface area contributed by atoms with Gasteiger partial charge >= 0.3 is 0 Å². The number of halogens is 1. The first-order valence-corrected chi connectivity index (χ1v) is 11.2. The first-order valence-electron chi connectivity index (χ1n) is 9.68. The minimum Gasteiger partial charge on any atom is -0.348 e. The molecule has 0 bridgehead atoms. The maximum atomic E-state index is 13.3. The maximum absolute atomic E-state index is 13.3. The molecule has 166 valence electrons. The van der Waals surface area contributed by atoms with Crippen molar-refractivity contribution in [2.24, 2.45) is 0 Å². The van der Waals surface area contributed by atoms with E-state index in [4.69, 9.17) is 0 Å². The number of amides is 2. The van der Waals surface area contributed by atoms with Gasteiger partial charge < -0.3 is 10.6 Å². The molecule has 32 heavy (non-hydrogen) atoms. The number of hydrogen-bond donors (Lipinski definition) is 3. The lowest BCUT2D eigenvalue weighted by molar-refractivity contribution is 0.0949. The zero-order valence-electron chi connectivity index (χ0n) is 17.5. The molecule has 3 aromatic carbocycles. The smallest absolute Gasteiger partial charge is 0.255 e. The highest BCUT2D eigenvalue weighted by Crippen LogP contribution is 2.17. The van der Waals surface area contributed by atoms with Crippen LogP contribution in [0.25, 0.3) is 0 Å². The summed E-state index contributed by atoms with van der Waals surface area (Å²) < 4.78 is 39.6. The predicted molar refractivity (Wildman–Crippen MR) is 119 cm³/mol. The Hall–Kier alpha value is -3.56. The fraction of sp³-hybridized carbons (Fsp3) is 0.130. The van der Waals surface area contributed by atoms with Crippen LogP contribution in [0.3, 0.4) is 0 Å². The standard InChI is InChI=1S/C23H22FN3O4S/c1-15-9-10-20(32(30,31)25-2)13-21(15)23(29)26-14-16-5-3-8-19(11-16)27-22(28)17-6-4-7-18(24)12-17/h3-13,25H,14H2,1-2H3,(H,26,29)(H,27,28). The summed E-state index contributed by atoms with van der Waals surface area (Å²) in [6, 6.07) is 16.5. The largest absolute Gasteiger partial charge is 0.348 e. The lowest BCUT2D eigenvalue weighted by Gasteiger charge is -2.11. The molecule has 0 aliphatic heterocycles. The number of carbonyl (C=O) groups excluding carboxylic acids is 2. The topological polar surface area (TPSA) is 104 Å². The minimum absolute atomic E-state index is 0.00203. The van der Waals surface area contributed by atoms with Crippen LogP contribution in [0.5, 0.6) is 0 Å². The molecule has 0 atom stereocenters. The van der Waals surface area contributed by atoms with Crippen LogP contribution >= 0.6 is 0 Å². The van der Waals surface area contributed by atoms with Crippen LogP contribution in [0.4, 0.5) is 10.1 Å². The van der Waals surface area contributed by atoms with E-state index in [2.05, 4.69) is 15.4 Å². The van der Waals surface area contributed by atoms with Crippen molar-refractivity contribution in [2.45, 2.75) is 18.4 Å². The summed E-state index contributed by atoms with van der Waals surface area (Å²) in [5.74, 6) is -1.38. The van der Waals surface area contributed by atoms with Gasteiger partial charge in [-0.05, 0) is 67.6 Å². The second kappa shape index (κ2) is 9.71. The van der Waals surface area contributed by atoms with E-state index in [-0.39, 0.29) is 22.6 Å². The molecular weight excluding hydrogens is 433 g/mol. The highest BCUT2D eigenvalue weighted by molar-refractivity contribution is 7.89. The third-order valence-electron chi connectivity index (χ3n) is 4.76. The molecule has 0 saturated heterocycles. The van der Waals surface area contributed by atoms with E-state index in [0.717, 1.165) is 6.07 Å². The van der Waals surface area contributed by atoms with E-state index >= 15 is 0 Å². The predicted octanol–water partition coefficient (Wildman–Crippen LogP) is 3.22. The van der Waals surface area contributed by atoms with Gasteiger partial charge in [-0.1, -0.05) is 24.3 Å². The Kier molecular flexibility index (Phi) is 7.01. The molecule has 0 unspecified atom stereocenters. The zero-order valence-corrected chi connectivity index (χ0v) is 18.3. The normalized spacial score (nSPS) is 11.1. The molecule has 0 fully saturated rings. The van der Waals surface area contributed by atoms with E-state index in [9.17, 15) is 22.4 Å². The monoisotopic (exact) mass is 455 g/mol. The Balaban J connectivity index is 1.70. The summed E-state index contributed by atoms with van der Waals surface area (Å²) in [4.78, 5) is 25.0. The molecule has 0 aliphatic carbocycles. The lowest BCUT2D eigenvalue weighted by Crippen LogP contribution is -2.25. The summed E-state index contributed by atoms with van der Waals surface area (Å²) in [6.07, 6.45) is 0. The van der Waals surface area contributed by atoms with Gasteiger partial charge in [0.2, 0.25) is 10.0 Å². The first-order chi connectivity index (χ1) is 15.2. The fourth-order valence-corrected chi connectivity index (χ4v) is 3.76. The van der Waals surface area contributed by atoms with Gasteiger partial charge in [0.1, 0.15) is 5.82 Å². The number of hydrogen-bond acceptors (Lipinski definition) is 4. The molecule has 0 aromatic heterocycles. The Morgan fingerprint density at radius 3 is 2.41 bits per heavy atom. The van der Waals surface area contributed by atoms with Crippen LogP contribution in [0.1, 0.15) is 31.8 Å². The number of aryl methyl sites for hydroxylation is 1. The molecule has 9 heteroatoms. The van der Waals surface area contributed by atoms with Gasteiger partial charge in [0.25, 0.3) is 11.8 Å². The Morgan fingerprint density at radius 2 is 1.69 bits per heavy atom. The second-order valence-corrected chi connectivity index (χ2v) is 8.92. The molecule has 7 nitrogen and oxygen atoms in total. The van der Waals surface area contributed by atoms with Crippen molar-refractivity contribution >= 4 is 27.5 Å². The van der Waals surface area contributed by atoms with Crippen LogP contribution in [0.15, 0.2) is 71.6 Å². The Morgan fingerprint density at radius 1 is 0.938 bits per heavy atom. The Bertz CT molecular complexity index is 1280. The average molecular weight is 456 g/mol. The molecule has 3 aromatic rings. The van der Waals surface area contributed by atoms with Crippen LogP contribution in [-0.4, -0.2) is 27.3 Å². The molecule has 0 spiro atoms. The number of sulfonamides is 1. The minimum atomic E-state index is -3.67. The fourth-order valence-electron chi connectivity index (χ4n) is 3.00. The van der Waals surface area contributed by atoms with Crippen molar-refractivity contribution in [1.82, 2.24) is 10.0 Å². The van der Waals surface area contributed by atoms with Crippen molar-refractivity contribution in [2.75, 3.05) is 12.4 Å². The summed E-state index contributed by atoms with van der Waals surface area (Å²) >= 11 is 0. The third-order valence-corrected chi connectivity index (χ3v) is 6.17. The van der Waals surface area contributed by atoms with E-state index in [1.165, 1.54) is 37.4 Å². The zero-order chi connectivity index (χ0) is 23.3. The SMILES string of the molecule is CNS(=O)(=O)c1ccc(C)c(C(=O)NCc2cccc(NC(=O)c3cccc(F)c3)c2)c1. The van der Waals surface area contributed by atoms with Gasteiger partial charge in [0.15, 0.2) is 0 Å². The summed E-state index contributed by atoms with van der Waals surface area (Å²) in [7, 11) is -2.37. The quantitative estimate of drug-likeness (QED) is 0.509. The highest BCUT2D eigenvalue weighted by Gasteiger charge is 2.16. The molecule has 0 aliphatic rings. The first kappa shape index (κ1) is 23.1. The van der Waals surface area contributed by atoms with Crippen LogP contribution < -0.4 is 15.4 Å². The van der Waals surface area contributed by atoms with Gasteiger partial charge in [0, 0.05) is 23.4 Å². The number of benzene rings is 3. The van der Waals surface area contributed by atoms with E-state index in [1.807, 2.05) is 0 Å². The van der Waals surface area contributed by atoms with Crippen molar-refractivity contribution < 1.29 is 22.4 Å². The van der Waals surface area contributed by atoms with Crippen LogP contribution in [0, 0.1) is 12.7 Å². The van der Waals surface area contributed by atoms with Crippen molar-refractivity contribution in [3.63, 3.8) is 0 Å². The number of carbonyl (C=O) groups is 2. The highest BCUT2D eigenvalue weighted by atomic mass is 32.2.